The van der Waals surface area contributed by atoms with Crippen molar-refractivity contribution in [1.29, 1.82) is 0 Å². The first-order valence-corrected chi connectivity index (χ1v) is 7.63. The third-order valence-corrected chi connectivity index (χ3v) is 3.70. The molecule has 0 bridgehead atoms. The molecule has 0 atom stereocenters. The van der Waals surface area contributed by atoms with E-state index in [0.717, 1.165) is 11.6 Å². The Kier molecular flexibility index (Phi) is 5.49. The van der Waals surface area contributed by atoms with E-state index in [2.05, 4.69) is 0 Å². The van der Waals surface area contributed by atoms with Crippen LogP contribution in [-0.4, -0.2) is 23.3 Å². The Morgan fingerprint density at radius 3 is 2.36 bits per heavy atom. The number of nitrogens with two attached hydrogens (primary N) is 1. The summed E-state index contributed by atoms with van der Waals surface area (Å²) in [6.07, 6.45) is 0. The molecular formula is C18H18N2O5. The van der Waals surface area contributed by atoms with Gasteiger partial charge in [0.15, 0.2) is 12.4 Å². The molecule has 0 unspecified atom stereocenters. The highest BCUT2D eigenvalue weighted by Crippen LogP contribution is 2.20. The lowest BCUT2D eigenvalue weighted by Crippen LogP contribution is -2.15. The van der Waals surface area contributed by atoms with E-state index in [1.165, 1.54) is 12.1 Å². The molecule has 0 saturated heterocycles. The highest BCUT2D eigenvalue weighted by Gasteiger charge is 2.18. The summed E-state index contributed by atoms with van der Waals surface area (Å²) >= 11 is 0. The number of carbonyl (C=O) groups excluding carboxylic acids is 2. The average Bonchev–Trinajstić information content (AvgIpc) is 2.59. The number of esters is 1. The molecule has 25 heavy (non-hydrogen) atoms. The number of nitro benzene ring substituents is 1. The molecule has 2 N–H and O–H groups in total. The number of benzene rings is 2. The van der Waals surface area contributed by atoms with Gasteiger partial charge in [0.25, 0.3) is 5.69 Å². The number of rotatable bonds is 6. The lowest BCUT2D eigenvalue weighted by molar-refractivity contribution is -0.384. The van der Waals surface area contributed by atoms with Crippen molar-refractivity contribution in [3.63, 3.8) is 0 Å². The fourth-order valence-electron chi connectivity index (χ4n) is 2.18. The molecule has 0 aliphatic carbocycles. The Bertz CT molecular complexity index is 813. The van der Waals surface area contributed by atoms with Crippen molar-refractivity contribution in [3.8, 4) is 0 Å². The van der Waals surface area contributed by atoms with Gasteiger partial charge in [0.05, 0.1) is 10.5 Å². The van der Waals surface area contributed by atoms with E-state index in [1.807, 2.05) is 26.0 Å². The molecular weight excluding hydrogens is 324 g/mol. The number of carbonyl (C=O) groups is 2. The lowest BCUT2D eigenvalue weighted by atomic mass is 10.0. The standard InChI is InChI=1S/C18H18N2O5/c1-11(2)12-3-5-13(6-4-12)17(21)10-25-18(22)15-9-14(20(23)24)7-8-16(15)19/h3-9,11H,10,19H2,1-2H3. The van der Waals surface area contributed by atoms with Crippen LogP contribution in [0.5, 0.6) is 0 Å². The number of nitrogens with zero attached hydrogens (tertiary/aromatic N) is 1. The summed E-state index contributed by atoms with van der Waals surface area (Å²) in [6, 6.07) is 10.5. The minimum absolute atomic E-state index is 0.0457. The van der Waals surface area contributed by atoms with Crippen LogP contribution in [0.25, 0.3) is 0 Å². The van der Waals surface area contributed by atoms with Gasteiger partial charge in [0, 0.05) is 23.4 Å². The maximum Gasteiger partial charge on any atom is 0.340 e. The summed E-state index contributed by atoms with van der Waals surface area (Å²) in [6.45, 7) is 3.62. The van der Waals surface area contributed by atoms with Gasteiger partial charge in [-0.3, -0.25) is 14.9 Å². The van der Waals surface area contributed by atoms with E-state index in [0.29, 0.717) is 11.5 Å². The van der Waals surface area contributed by atoms with E-state index in [-0.39, 0.29) is 22.7 Å². The van der Waals surface area contributed by atoms with Crippen molar-refractivity contribution in [1.82, 2.24) is 0 Å². The summed E-state index contributed by atoms with van der Waals surface area (Å²) in [5.41, 5.74) is 6.78. The normalized spacial score (nSPS) is 10.5. The lowest BCUT2D eigenvalue weighted by Gasteiger charge is -2.08. The average molecular weight is 342 g/mol. The predicted octanol–water partition coefficient (Wildman–Crippen LogP) is 3.34. The molecule has 2 rings (SSSR count). The number of hydrogen-bond donors (Lipinski definition) is 1. The highest BCUT2D eigenvalue weighted by atomic mass is 16.6. The molecule has 0 aromatic heterocycles. The van der Waals surface area contributed by atoms with Gasteiger partial charge < -0.3 is 10.5 Å². The van der Waals surface area contributed by atoms with Gasteiger partial charge >= 0.3 is 5.97 Å². The van der Waals surface area contributed by atoms with Crippen LogP contribution in [0.15, 0.2) is 42.5 Å². The molecule has 7 nitrogen and oxygen atoms in total. The molecule has 130 valence electrons. The summed E-state index contributed by atoms with van der Waals surface area (Å²) in [7, 11) is 0. The van der Waals surface area contributed by atoms with Gasteiger partial charge in [0.1, 0.15) is 0 Å². The van der Waals surface area contributed by atoms with Crippen molar-refractivity contribution >= 4 is 23.1 Å². The van der Waals surface area contributed by atoms with Gasteiger partial charge in [-0.05, 0) is 17.5 Å². The van der Waals surface area contributed by atoms with E-state index >= 15 is 0 Å². The second kappa shape index (κ2) is 7.57. The first kappa shape index (κ1) is 18.1. The molecule has 0 saturated carbocycles. The van der Waals surface area contributed by atoms with E-state index in [4.69, 9.17) is 10.5 Å². The summed E-state index contributed by atoms with van der Waals surface area (Å²) in [5, 5.41) is 10.8. The van der Waals surface area contributed by atoms with Crippen LogP contribution < -0.4 is 5.73 Å². The van der Waals surface area contributed by atoms with Crippen molar-refractivity contribution in [2.24, 2.45) is 0 Å². The van der Waals surface area contributed by atoms with E-state index in [1.54, 1.807) is 12.1 Å². The summed E-state index contributed by atoms with van der Waals surface area (Å²) in [5.74, 6) is -0.903. The zero-order valence-electron chi connectivity index (χ0n) is 13.9. The van der Waals surface area contributed by atoms with Crippen LogP contribution in [0.4, 0.5) is 11.4 Å². The Labute approximate surface area is 144 Å². The van der Waals surface area contributed by atoms with Crippen molar-refractivity contribution in [2.75, 3.05) is 12.3 Å². The molecule has 2 aromatic carbocycles. The number of non-ortho nitro benzene ring substituents is 1. The third-order valence-electron chi connectivity index (χ3n) is 3.70. The van der Waals surface area contributed by atoms with Gasteiger partial charge in [-0.1, -0.05) is 38.1 Å². The SMILES string of the molecule is CC(C)c1ccc(C(=O)COC(=O)c2cc([N+](=O)[O-])ccc2N)cc1. The minimum atomic E-state index is -0.881. The van der Waals surface area contributed by atoms with Gasteiger partial charge in [-0.2, -0.15) is 0 Å². The molecule has 0 aliphatic rings. The van der Waals surface area contributed by atoms with Crippen molar-refractivity contribution < 1.29 is 19.2 Å². The Morgan fingerprint density at radius 1 is 1.16 bits per heavy atom. The summed E-state index contributed by atoms with van der Waals surface area (Å²) < 4.78 is 4.95. The van der Waals surface area contributed by atoms with E-state index < -0.39 is 17.5 Å². The molecule has 0 heterocycles. The Morgan fingerprint density at radius 2 is 1.80 bits per heavy atom. The smallest absolute Gasteiger partial charge is 0.340 e. The minimum Gasteiger partial charge on any atom is -0.454 e. The maximum atomic E-state index is 12.1. The molecule has 0 amide bonds. The monoisotopic (exact) mass is 342 g/mol. The van der Waals surface area contributed by atoms with Crippen LogP contribution in [-0.2, 0) is 4.74 Å². The number of Topliss-reactive ketones (excluding diaryl/α,β-unsaturated/α-hetero) is 1. The van der Waals surface area contributed by atoms with Gasteiger partial charge in [-0.25, -0.2) is 4.79 Å². The number of nitrogen functional groups attached to an aromatic ring is 1. The number of anilines is 1. The molecule has 7 heteroatoms. The van der Waals surface area contributed by atoms with Gasteiger partial charge in [-0.15, -0.1) is 0 Å². The Hall–Kier alpha value is -3.22. The van der Waals surface area contributed by atoms with Crippen LogP contribution >= 0.6 is 0 Å². The highest BCUT2D eigenvalue weighted by molar-refractivity contribution is 6.01. The van der Waals surface area contributed by atoms with Crippen LogP contribution in [0.2, 0.25) is 0 Å². The van der Waals surface area contributed by atoms with Crippen LogP contribution in [0.1, 0.15) is 46.0 Å². The topological polar surface area (TPSA) is 113 Å². The number of nitro groups is 1. The number of ketones is 1. The second-order valence-electron chi connectivity index (χ2n) is 5.80. The van der Waals surface area contributed by atoms with Gasteiger partial charge in [0.2, 0.25) is 0 Å². The number of ether oxygens (including phenoxy) is 1. The second-order valence-corrected chi connectivity index (χ2v) is 5.80. The fourth-order valence-corrected chi connectivity index (χ4v) is 2.18. The quantitative estimate of drug-likeness (QED) is 0.283. The van der Waals surface area contributed by atoms with Crippen molar-refractivity contribution in [3.05, 3.63) is 69.3 Å². The molecule has 0 fully saturated rings. The Balaban J connectivity index is 2.05. The third kappa shape index (κ3) is 4.41. The maximum absolute atomic E-state index is 12.1. The zero-order valence-corrected chi connectivity index (χ0v) is 13.9. The first-order valence-electron chi connectivity index (χ1n) is 7.63. The molecule has 0 radical (unpaired) electrons. The zero-order chi connectivity index (χ0) is 18.6. The molecule has 2 aromatic rings. The predicted molar refractivity (Wildman–Crippen MR) is 92.7 cm³/mol. The first-order chi connectivity index (χ1) is 11.8. The largest absolute Gasteiger partial charge is 0.454 e. The molecule has 0 aliphatic heterocycles. The van der Waals surface area contributed by atoms with Crippen molar-refractivity contribution in [2.45, 2.75) is 19.8 Å². The van der Waals surface area contributed by atoms with E-state index in [9.17, 15) is 19.7 Å². The van der Waals surface area contributed by atoms with Crippen LogP contribution in [0, 0.1) is 10.1 Å². The molecule has 0 spiro atoms. The summed E-state index contributed by atoms with van der Waals surface area (Å²) in [4.78, 5) is 34.3. The van der Waals surface area contributed by atoms with Crippen LogP contribution in [0.3, 0.4) is 0 Å². The number of hydrogen-bond acceptors (Lipinski definition) is 6. The fraction of sp³-hybridized carbons (Fsp3) is 0.222.